The summed E-state index contributed by atoms with van der Waals surface area (Å²) in [6, 6.07) is 6.64. The van der Waals surface area contributed by atoms with Crippen LogP contribution in [0.2, 0.25) is 0 Å². The molecule has 2 N–H and O–H groups in total. The van der Waals surface area contributed by atoms with Gasteiger partial charge in [0.25, 0.3) is 0 Å². The van der Waals surface area contributed by atoms with Gasteiger partial charge >= 0.3 is 0 Å². The van der Waals surface area contributed by atoms with Crippen LogP contribution in [0.3, 0.4) is 0 Å². The van der Waals surface area contributed by atoms with E-state index >= 15 is 0 Å². The van der Waals surface area contributed by atoms with Gasteiger partial charge in [0.05, 0.1) is 0 Å². The lowest BCUT2D eigenvalue weighted by atomic mass is 10.1. The maximum atomic E-state index is 12.8. The summed E-state index contributed by atoms with van der Waals surface area (Å²) in [4.78, 5) is 0. The molecule has 0 bridgehead atoms. The zero-order valence-electron chi connectivity index (χ0n) is 7.76. The van der Waals surface area contributed by atoms with E-state index in [4.69, 9.17) is 5.73 Å². The Hall–Kier alpha value is -1.15. The second kappa shape index (κ2) is 4.77. The Morgan fingerprint density at radius 2 is 2.31 bits per heavy atom. The van der Waals surface area contributed by atoms with Crippen LogP contribution in [0, 0.1) is 5.82 Å². The molecule has 13 heavy (non-hydrogen) atoms. The maximum absolute atomic E-state index is 12.8. The Labute approximate surface area is 78.1 Å². The van der Waals surface area contributed by atoms with Gasteiger partial charge in [-0.3, -0.25) is 0 Å². The molecule has 0 radical (unpaired) electrons. The van der Waals surface area contributed by atoms with Gasteiger partial charge in [-0.1, -0.05) is 23.8 Å². The molecule has 0 saturated heterocycles. The monoisotopic (exact) mass is 179 g/mol. The molecule has 1 aromatic carbocycles. The largest absolute Gasteiger partial charge is 0.327 e. The molecule has 1 nitrogen and oxygen atoms in total. The highest BCUT2D eigenvalue weighted by Gasteiger charge is 1.95. The van der Waals surface area contributed by atoms with Crippen molar-refractivity contribution in [1.82, 2.24) is 0 Å². The Kier molecular flexibility index (Phi) is 3.65. The molecule has 0 saturated carbocycles. The number of allylic oxidation sites excluding steroid dienone is 1. The first-order valence-electron chi connectivity index (χ1n) is 4.32. The molecule has 0 aliphatic carbocycles. The van der Waals surface area contributed by atoms with Crippen molar-refractivity contribution in [3.63, 3.8) is 0 Å². The van der Waals surface area contributed by atoms with Gasteiger partial charge < -0.3 is 5.73 Å². The summed E-state index contributed by atoms with van der Waals surface area (Å²) in [6.45, 7) is 2.54. The van der Waals surface area contributed by atoms with E-state index in [0.717, 1.165) is 12.0 Å². The highest BCUT2D eigenvalue weighted by Crippen LogP contribution is 2.08. The lowest BCUT2D eigenvalue weighted by Gasteiger charge is -2.01. The van der Waals surface area contributed by atoms with E-state index in [9.17, 15) is 4.39 Å². The number of benzene rings is 1. The SMILES string of the molecule is C/C(=C/CN)Cc1cccc(F)c1. The zero-order valence-corrected chi connectivity index (χ0v) is 7.76. The Morgan fingerprint density at radius 1 is 1.54 bits per heavy atom. The Morgan fingerprint density at radius 3 is 2.92 bits per heavy atom. The summed E-state index contributed by atoms with van der Waals surface area (Å²) in [7, 11) is 0. The van der Waals surface area contributed by atoms with Gasteiger partial charge in [-0.05, 0) is 31.0 Å². The van der Waals surface area contributed by atoms with Crippen LogP contribution in [0.25, 0.3) is 0 Å². The molecular weight excluding hydrogens is 165 g/mol. The predicted octanol–water partition coefficient (Wildman–Crippen LogP) is 2.27. The summed E-state index contributed by atoms with van der Waals surface area (Å²) in [6.07, 6.45) is 2.72. The van der Waals surface area contributed by atoms with Gasteiger partial charge in [0.15, 0.2) is 0 Å². The smallest absolute Gasteiger partial charge is 0.123 e. The molecule has 70 valence electrons. The van der Waals surface area contributed by atoms with E-state index in [1.807, 2.05) is 19.1 Å². The zero-order chi connectivity index (χ0) is 9.68. The van der Waals surface area contributed by atoms with E-state index in [1.54, 1.807) is 12.1 Å². The Bertz CT molecular complexity index is 305. The molecule has 1 rings (SSSR count). The van der Waals surface area contributed by atoms with Gasteiger partial charge in [0.1, 0.15) is 5.82 Å². The molecule has 0 aromatic heterocycles. The van der Waals surface area contributed by atoms with Crippen LogP contribution in [-0.4, -0.2) is 6.54 Å². The summed E-state index contributed by atoms with van der Waals surface area (Å²) in [5, 5.41) is 0. The molecule has 0 aliphatic heterocycles. The van der Waals surface area contributed by atoms with Crippen molar-refractivity contribution in [3.8, 4) is 0 Å². The molecule has 0 aliphatic rings. The summed E-state index contributed by atoms with van der Waals surface area (Å²) in [5.41, 5.74) is 7.52. The van der Waals surface area contributed by atoms with Crippen molar-refractivity contribution in [2.45, 2.75) is 13.3 Å². The minimum atomic E-state index is -0.182. The van der Waals surface area contributed by atoms with Crippen LogP contribution in [-0.2, 0) is 6.42 Å². The molecular formula is C11H14FN. The van der Waals surface area contributed by atoms with Gasteiger partial charge in [-0.2, -0.15) is 0 Å². The molecule has 2 heteroatoms. The molecule has 0 spiro atoms. The lowest BCUT2D eigenvalue weighted by Crippen LogP contribution is -1.96. The second-order valence-electron chi connectivity index (χ2n) is 3.09. The number of halogens is 1. The minimum Gasteiger partial charge on any atom is -0.327 e. The number of nitrogens with two attached hydrogens (primary N) is 1. The van der Waals surface area contributed by atoms with Gasteiger partial charge in [-0.25, -0.2) is 4.39 Å². The van der Waals surface area contributed by atoms with Crippen LogP contribution in [0.15, 0.2) is 35.9 Å². The first-order valence-corrected chi connectivity index (χ1v) is 4.32. The fourth-order valence-electron chi connectivity index (χ4n) is 1.24. The minimum absolute atomic E-state index is 0.182. The quantitative estimate of drug-likeness (QED) is 0.708. The third kappa shape index (κ3) is 3.38. The molecule has 0 heterocycles. The average Bonchev–Trinajstić information content (AvgIpc) is 2.04. The number of hydrogen-bond donors (Lipinski definition) is 1. The molecule has 0 amide bonds. The van der Waals surface area contributed by atoms with Gasteiger partial charge in [0.2, 0.25) is 0 Å². The van der Waals surface area contributed by atoms with Crippen LogP contribution < -0.4 is 5.73 Å². The molecule has 0 unspecified atom stereocenters. The molecule has 1 aromatic rings. The first-order chi connectivity index (χ1) is 6.22. The summed E-state index contributed by atoms with van der Waals surface area (Å²) in [5.74, 6) is -0.182. The third-order valence-electron chi connectivity index (χ3n) is 1.84. The highest BCUT2D eigenvalue weighted by molar-refractivity contribution is 5.21. The Balaban J connectivity index is 2.69. The van der Waals surface area contributed by atoms with Crippen LogP contribution >= 0.6 is 0 Å². The highest BCUT2D eigenvalue weighted by atomic mass is 19.1. The lowest BCUT2D eigenvalue weighted by molar-refractivity contribution is 0.626. The fourth-order valence-corrected chi connectivity index (χ4v) is 1.24. The standard InChI is InChI=1S/C11H14FN/c1-9(5-6-13)7-10-3-2-4-11(12)8-10/h2-5,8H,6-7,13H2,1H3/b9-5-. The van der Waals surface area contributed by atoms with Crippen molar-refractivity contribution in [2.24, 2.45) is 5.73 Å². The van der Waals surface area contributed by atoms with Crippen molar-refractivity contribution in [2.75, 3.05) is 6.54 Å². The van der Waals surface area contributed by atoms with Crippen LogP contribution in [0.4, 0.5) is 4.39 Å². The summed E-state index contributed by atoms with van der Waals surface area (Å²) < 4.78 is 12.8. The molecule has 0 fully saturated rings. The van der Waals surface area contributed by atoms with Crippen molar-refractivity contribution >= 4 is 0 Å². The third-order valence-corrected chi connectivity index (χ3v) is 1.84. The van der Waals surface area contributed by atoms with Gasteiger partial charge in [-0.15, -0.1) is 0 Å². The molecule has 0 atom stereocenters. The van der Waals surface area contributed by atoms with Crippen molar-refractivity contribution < 1.29 is 4.39 Å². The van der Waals surface area contributed by atoms with Gasteiger partial charge in [0, 0.05) is 6.54 Å². The first kappa shape index (κ1) is 9.93. The van der Waals surface area contributed by atoms with E-state index in [-0.39, 0.29) is 5.82 Å². The summed E-state index contributed by atoms with van der Waals surface area (Å²) >= 11 is 0. The average molecular weight is 179 g/mol. The van der Waals surface area contributed by atoms with Crippen molar-refractivity contribution in [1.29, 1.82) is 0 Å². The topological polar surface area (TPSA) is 26.0 Å². The normalized spacial score (nSPS) is 11.8. The predicted molar refractivity (Wildman–Crippen MR) is 52.9 cm³/mol. The fraction of sp³-hybridized carbons (Fsp3) is 0.273. The van der Waals surface area contributed by atoms with E-state index < -0.39 is 0 Å². The number of rotatable bonds is 3. The van der Waals surface area contributed by atoms with E-state index in [1.165, 1.54) is 11.6 Å². The maximum Gasteiger partial charge on any atom is 0.123 e. The second-order valence-corrected chi connectivity index (χ2v) is 3.09. The van der Waals surface area contributed by atoms with E-state index in [2.05, 4.69) is 0 Å². The van der Waals surface area contributed by atoms with Crippen molar-refractivity contribution in [3.05, 3.63) is 47.3 Å². The van der Waals surface area contributed by atoms with Crippen LogP contribution in [0.1, 0.15) is 12.5 Å². The number of hydrogen-bond acceptors (Lipinski definition) is 1. The van der Waals surface area contributed by atoms with Crippen LogP contribution in [0.5, 0.6) is 0 Å². The van der Waals surface area contributed by atoms with E-state index in [0.29, 0.717) is 6.54 Å².